The summed E-state index contributed by atoms with van der Waals surface area (Å²) in [5.41, 5.74) is 0.632. The average Bonchev–Trinajstić information content (AvgIpc) is 3.16. The first-order valence-electron chi connectivity index (χ1n) is 8.31. The Labute approximate surface area is 173 Å². The lowest BCUT2D eigenvalue weighted by Crippen LogP contribution is -2.29. The lowest BCUT2D eigenvalue weighted by Gasteiger charge is -2.11. The Bertz CT molecular complexity index is 1090. The summed E-state index contributed by atoms with van der Waals surface area (Å²) in [6.07, 6.45) is 3.43. The molecular weight excluding hydrogens is 423 g/mol. The molecule has 3 aromatic rings. The van der Waals surface area contributed by atoms with Crippen LogP contribution < -0.4 is 10.0 Å². The maximum atomic E-state index is 12.5. The summed E-state index contributed by atoms with van der Waals surface area (Å²) in [4.78, 5) is 8.61. The van der Waals surface area contributed by atoms with Gasteiger partial charge in [0, 0.05) is 36.6 Å². The smallest absolute Gasteiger partial charge is 0.242 e. The molecule has 0 saturated heterocycles. The molecule has 2 N–H and O–H groups in total. The van der Waals surface area contributed by atoms with Gasteiger partial charge < -0.3 is 5.32 Å². The van der Waals surface area contributed by atoms with Crippen LogP contribution in [0.4, 0.5) is 5.82 Å². The van der Waals surface area contributed by atoms with Crippen molar-refractivity contribution in [1.82, 2.24) is 24.5 Å². The Hall–Kier alpha value is -2.20. The maximum absolute atomic E-state index is 12.5. The molecule has 0 amide bonds. The van der Waals surface area contributed by atoms with Gasteiger partial charge in [-0.15, -0.1) is 0 Å². The monoisotopic (exact) mass is 440 g/mol. The largest absolute Gasteiger partial charge is 0.369 e. The molecule has 0 atom stereocenters. The van der Waals surface area contributed by atoms with Gasteiger partial charge in [-0.25, -0.2) is 27.8 Å². The predicted molar refractivity (Wildman–Crippen MR) is 109 cm³/mol. The third-order valence-electron chi connectivity index (χ3n) is 3.79. The second-order valence-electron chi connectivity index (χ2n) is 5.97. The van der Waals surface area contributed by atoms with Gasteiger partial charge >= 0.3 is 0 Å². The molecule has 0 aliphatic heterocycles. The zero-order valence-corrected chi connectivity index (χ0v) is 17.5. The minimum atomic E-state index is -3.76. The van der Waals surface area contributed by atoms with Crippen LogP contribution >= 0.6 is 23.2 Å². The number of rotatable bonds is 7. The van der Waals surface area contributed by atoms with E-state index in [-0.39, 0.29) is 16.5 Å². The summed E-state index contributed by atoms with van der Waals surface area (Å²) in [5.74, 6) is 1.75. The fraction of sp³-hybridized carbons (Fsp3) is 0.235. The maximum Gasteiger partial charge on any atom is 0.242 e. The van der Waals surface area contributed by atoms with Crippen LogP contribution in [0.25, 0.3) is 5.82 Å². The molecule has 0 bridgehead atoms. The minimum Gasteiger partial charge on any atom is -0.369 e. The standard InChI is InChI=1S/C17H18Cl2N6O2S/c1-11-8-15(14(19)9-13(11)18)28(26,27)22-6-5-20-16-10-17(24-12(2)23-16)25-7-3-4-21-25/h3-4,7-10,22H,5-6H2,1-2H3,(H,20,23,24). The van der Waals surface area contributed by atoms with Crippen LogP contribution in [0.1, 0.15) is 11.4 Å². The van der Waals surface area contributed by atoms with Crippen molar-refractivity contribution in [1.29, 1.82) is 0 Å². The highest BCUT2D eigenvalue weighted by atomic mass is 35.5. The van der Waals surface area contributed by atoms with Crippen molar-refractivity contribution in [3.63, 3.8) is 0 Å². The third-order valence-corrected chi connectivity index (χ3v) is 6.12. The number of nitrogens with one attached hydrogen (secondary N) is 2. The average molecular weight is 441 g/mol. The number of aromatic nitrogens is 4. The summed E-state index contributed by atoms with van der Waals surface area (Å²) in [6.45, 7) is 3.94. The van der Waals surface area contributed by atoms with Gasteiger partial charge in [-0.05, 0) is 37.6 Å². The van der Waals surface area contributed by atoms with Gasteiger partial charge in [0.05, 0.1) is 5.02 Å². The number of nitrogens with zero attached hydrogens (tertiary/aromatic N) is 4. The van der Waals surface area contributed by atoms with Crippen molar-refractivity contribution in [2.24, 2.45) is 0 Å². The van der Waals surface area contributed by atoms with Gasteiger partial charge in [-0.2, -0.15) is 5.10 Å². The van der Waals surface area contributed by atoms with E-state index in [2.05, 4.69) is 25.1 Å². The van der Waals surface area contributed by atoms with Crippen LogP contribution in [0, 0.1) is 13.8 Å². The Morgan fingerprint density at radius 1 is 1.07 bits per heavy atom. The van der Waals surface area contributed by atoms with Crippen molar-refractivity contribution < 1.29 is 8.42 Å². The first kappa shape index (κ1) is 20.5. The Kier molecular flexibility index (Phi) is 6.19. The third kappa shape index (κ3) is 4.79. The van der Waals surface area contributed by atoms with Crippen molar-refractivity contribution >= 4 is 39.0 Å². The van der Waals surface area contributed by atoms with Crippen LogP contribution in [-0.2, 0) is 10.0 Å². The molecule has 2 aromatic heterocycles. The Morgan fingerprint density at radius 3 is 2.57 bits per heavy atom. The fourth-order valence-corrected chi connectivity index (χ4v) is 4.32. The molecule has 8 nitrogen and oxygen atoms in total. The van der Waals surface area contributed by atoms with Gasteiger partial charge in [-0.1, -0.05) is 23.2 Å². The molecule has 0 unspecified atom stereocenters. The molecule has 0 saturated carbocycles. The van der Waals surface area contributed by atoms with Gasteiger partial charge in [0.15, 0.2) is 5.82 Å². The van der Waals surface area contributed by atoms with Gasteiger partial charge in [0.1, 0.15) is 16.5 Å². The van der Waals surface area contributed by atoms with E-state index in [1.54, 1.807) is 43.1 Å². The second-order valence-corrected chi connectivity index (χ2v) is 8.52. The van der Waals surface area contributed by atoms with E-state index >= 15 is 0 Å². The molecule has 0 fully saturated rings. The first-order chi connectivity index (χ1) is 13.3. The number of hydrogen-bond acceptors (Lipinski definition) is 6. The zero-order chi connectivity index (χ0) is 20.3. The van der Waals surface area contributed by atoms with E-state index in [0.717, 1.165) is 0 Å². The lowest BCUT2D eigenvalue weighted by molar-refractivity contribution is 0.583. The highest BCUT2D eigenvalue weighted by molar-refractivity contribution is 7.89. The summed E-state index contributed by atoms with van der Waals surface area (Å²) < 4.78 is 29.1. The Balaban J connectivity index is 1.64. The van der Waals surface area contributed by atoms with Crippen LogP contribution in [0.15, 0.2) is 41.6 Å². The fourth-order valence-electron chi connectivity index (χ4n) is 2.45. The van der Waals surface area contributed by atoms with Crippen LogP contribution in [-0.4, -0.2) is 41.3 Å². The number of hydrogen-bond donors (Lipinski definition) is 2. The van der Waals surface area contributed by atoms with E-state index in [0.29, 0.717) is 34.6 Å². The second kappa shape index (κ2) is 8.44. The summed E-state index contributed by atoms with van der Waals surface area (Å²) in [6, 6.07) is 6.40. The molecule has 3 rings (SSSR count). The van der Waals surface area contributed by atoms with Gasteiger partial charge in [0.25, 0.3) is 0 Å². The predicted octanol–water partition coefficient (Wildman–Crippen LogP) is 2.98. The Morgan fingerprint density at radius 2 is 1.86 bits per heavy atom. The van der Waals surface area contributed by atoms with Gasteiger partial charge in [-0.3, -0.25) is 0 Å². The topological polar surface area (TPSA) is 102 Å². The van der Waals surface area contributed by atoms with Crippen molar-refractivity contribution in [3.05, 3.63) is 58.1 Å². The van der Waals surface area contributed by atoms with E-state index < -0.39 is 10.0 Å². The number of sulfonamides is 1. The minimum absolute atomic E-state index is 0.00471. The first-order valence-corrected chi connectivity index (χ1v) is 10.5. The molecule has 11 heteroatoms. The zero-order valence-electron chi connectivity index (χ0n) is 15.1. The van der Waals surface area contributed by atoms with Crippen molar-refractivity contribution in [3.8, 4) is 5.82 Å². The van der Waals surface area contributed by atoms with E-state index in [9.17, 15) is 8.42 Å². The van der Waals surface area contributed by atoms with Gasteiger partial charge in [0.2, 0.25) is 10.0 Å². The molecule has 28 heavy (non-hydrogen) atoms. The molecule has 0 aliphatic rings. The molecule has 0 aliphatic carbocycles. The number of benzene rings is 1. The summed E-state index contributed by atoms with van der Waals surface area (Å²) in [7, 11) is -3.76. The molecule has 148 valence electrons. The van der Waals surface area contributed by atoms with Crippen LogP contribution in [0.3, 0.4) is 0 Å². The number of halogens is 2. The van der Waals surface area contributed by atoms with E-state index in [4.69, 9.17) is 23.2 Å². The highest BCUT2D eigenvalue weighted by Gasteiger charge is 2.19. The van der Waals surface area contributed by atoms with E-state index in [1.807, 2.05) is 0 Å². The summed E-state index contributed by atoms with van der Waals surface area (Å²) in [5, 5.41) is 7.70. The molecule has 0 spiro atoms. The van der Waals surface area contributed by atoms with Crippen molar-refractivity contribution in [2.45, 2.75) is 18.7 Å². The molecule has 1 aromatic carbocycles. The van der Waals surface area contributed by atoms with Crippen LogP contribution in [0.5, 0.6) is 0 Å². The molecular formula is C17H18Cl2N6O2S. The van der Waals surface area contributed by atoms with Crippen molar-refractivity contribution in [2.75, 3.05) is 18.4 Å². The number of aryl methyl sites for hydroxylation is 2. The molecule has 0 radical (unpaired) electrons. The summed E-state index contributed by atoms with van der Waals surface area (Å²) >= 11 is 12.0. The van der Waals surface area contributed by atoms with E-state index in [1.165, 1.54) is 12.1 Å². The quantitative estimate of drug-likeness (QED) is 0.547. The lowest BCUT2D eigenvalue weighted by atomic mass is 10.2. The SMILES string of the molecule is Cc1nc(NCCNS(=O)(=O)c2cc(C)c(Cl)cc2Cl)cc(-n2cccn2)n1. The van der Waals surface area contributed by atoms with Crippen LogP contribution in [0.2, 0.25) is 10.0 Å². The highest BCUT2D eigenvalue weighted by Crippen LogP contribution is 2.27. The molecule has 2 heterocycles. The number of anilines is 1. The normalized spacial score (nSPS) is 11.6.